The molecule has 3 nitrogen and oxygen atoms in total. The first-order chi connectivity index (χ1) is 9.13. The molecule has 1 N–H and O–H groups in total. The van der Waals surface area contributed by atoms with Gasteiger partial charge in [-0.05, 0) is 18.9 Å². The van der Waals surface area contributed by atoms with E-state index in [9.17, 15) is 4.79 Å². The summed E-state index contributed by atoms with van der Waals surface area (Å²) in [6.45, 7) is 8.61. The number of carbonyl (C=O) groups excluding carboxylic acids is 1. The Morgan fingerprint density at radius 3 is 2.68 bits per heavy atom. The van der Waals surface area contributed by atoms with Gasteiger partial charge >= 0.3 is 5.97 Å². The van der Waals surface area contributed by atoms with E-state index in [1.54, 1.807) is 0 Å². The lowest BCUT2D eigenvalue weighted by molar-refractivity contribution is -0.149. The fourth-order valence-corrected chi connectivity index (χ4v) is 1.67. The fourth-order valence-electron chi connectivity index (χ4n) is 1.67. The summed E-state index contributed by atoms with van der Waals surface area (Å²) in [6, 6.07) is 10.0. The van der Waals surface area contributed by atoms with Crippen LogP contribution in [0.2, 0.25) is 0 Å². The van der Waals surface area contributed by atoms with Gasteiger partial charge in [-0.1, -0.05) is 43.3 Å². The second kappa shape index (κ2) is 8.48. The van der Waals surface area contributed by atoms with Gasteiger partial charge in [0.2, 0.25) is 0 Å². The summed E-state index contributed by atoms with van der Waals surface area (Å²) in [5.41, 5.74) is 1.01. The second-order valence-electron chi connectivity index (χ2n) is 4.83. The average Bonchev–Trinajstić information content (AvgIpc) is 2.43. The van der Waals surface area contributed by atoms with Crippen LogP contribution in [0.5, 0.6) is 0 Å². The van der Waals surface area contributed by atoms with Crippen LogP contribution in [0.3, 0.4) is 0 Å². The number of hydrogen-bond donors (Lipinski definition) is 1. The summed E-state index contributed by atoms with van der Waals surface area (Å²) >= 11 is 0. The van der Waals surface area contributed by atoms with Gasteiger partial charge in [0.15, 0.2) is 0 Å². The van der Waals surface area contributed by atoms with E-state index < -0.39 is 0 Å². The maximum Gasteiger partial charge on any atom is 0.310 e. The Labute approximate surface area is 115 Å². The van der Waals surface area contributed by atoms with Crippen molar-refractivity contribution in [2.45, 2.75) is 32.9 Å². The first-order valence-electron chi connectivity index (χ1n) is 6.68. The third-order valence-electron chi connectivity index (χ3n) is 2.92. The number of hydrogen-bond acceptors (Lipinski definition) is 3. The zero-order valence-corrected chi connectivity index (χ0v) is 11.8. The number of carbonyl (C=O) groups is 1. The fraction of sp³-hybridized carbons (Fsp3) is 0.438. The molecule has 0 aliphatic carbocycles. The summed E-state index contributed by atoms with van der Waals surface area (Å²) in [5.74, 6) is -0.307. The molecule has 1 aromatic rings. The van der Waals surface area contributed by atoms with E-state index >= 15 is 0 Å². The van der Waals surface area contributed by atoms with Crippen LogP contribution in [-0.2, 0) is 16.1 Å². The molecule has 0 saturated carbocycles. The molecule has 0 fully saturated rings. The molecule has 0 aromatic heterocycles. The molecule has 1 aromatic carbocycles. The lowest BCUT2D eigenvalue weighted by atomic mass is 10.1. The minimum Gasteiger partial charge on any atom is -0.461 e. The van der Waals surface area contributed by atoms with Crippen LogP contribution in [0.1, 0.15) is 25.8 Å². The van der Waals surface area contributed by atoms with E-state index in [0.29, 0.717) is 19.2 Å². The van der Waals surface area contributed by atoms with Gasteiger partial charge in [-0.2, -0.15) is 0 Å². The molecular formula is C16H23NO2. The monoisotopic (exact) mass is 261 g/mol. The molecule has 0 saturated heterocycles. The predicted molar refractivity (Wildman–Crippen MR) is 77.7 cm³/mol. The molecule has 0 amide bonds. The van der Waals surface area contributed by atoms with Crippen molar-refractivity contribution in [3.63, 3.8) is 0 Å². The van der Waals surface area contributed by atoms with Crippen LogP contribution in [0, 0.1) is 5.92 Å². The minimum absolute atomic E-state index is 0.143. The predicted octanol–water partition coefficient (Wildman–Crippen LogP) is 2.92. The van der Waals surface area contributed by atoms with Gasteiger partial charge in [-0.3, -0.25) is 4.79 Å². The van der Waals surface area contributed by atoms with Crippen LogP contribution in [0.25, 0.3) is 0 Å². The SMILES string of the molecule is C=CCC(C)NCC(C)C(=O)OCc1ccccc1. The van der Waals surface area contributed by atoms with Crippen LogP contribution in [0.4, 0.5) is 0 Å². The van der Waals surface area contributed by atoms with Gasteiger partial charge in [0.25, 0.3) is 0 Å². The Bertz CT molecular complexity index is 389. The van der Waals surface area contributed by atoms with Gasteiger partial charge in [-0.15, -0.1) is 6.58 Å². The molecule has 0 aliphatic rings. The zero-order chi connectivity index (χ0) is 14.1. The third kappa shape index (κ3) is 6.20. The molecule has 1 rings (SSSR count). The first-order valence-corrected chi connectivity index (χ1v) is 6.68. The Hall–Kier alpha value is -1.61. The molecule has 0 spiro atoms. The highest BCUT2D eigenvalue weighted by atomic mass is 16.5. The first kappa shape index (κ1) is 15.4. The quantitative estimate of drug-likeness (QED) is 0.577. The van der Waals surface area contributed by atoms with Crippen molar-refractivity contribution in [1.82, 2.24) is 5.32 Å². The number of benzene rings is 1. The summed E-state index contributed by atoms with van der Waals surface area (Å²) in [5, 5.41) is 3.29. The van der Waals surface area contributed by atoms with Gasteiger partial charge in [0.05, 0.1) is 5.92 Å². The Kier molecular flexibility index (Phi) is 6.90. The summed E-state index contributed by atoms with van der Waals surface area (Å²) < 4.78 is 5.28. The van der Waals surface area contributed by atoms with Gasteiger partial charge < -0.3 is 10.1 Å². The van der Waals surface area contributed by atoms with Gasteiger partial charge in [0.1, 0.15) is 6.61 Å². The topological polar surface area (TPSA) is 38.3 Å². The third-order valence-corrected chi connectivity index (χ3v) is 2.92. The van der Waals surface area contributed by atoms with Crippen LogP contribution in [-0.4, -0.2) is 18.6 Å². The van der Waals surface area contributed by atoms with Crippen molar-refractivity contribution in [2.24, 2.45) is 5.92 Å². The van der Waals surface area contributed by atoms with E-state index in [1.807, 2.05) is 43.3 Å². The molecule has 2 unspecified atom stereocenters. The van der Waals surface area contributed by atoms with E-state index in [0.717, 1.165) is 12.0 Å². The minimum atomic E-state index is -0.165. The van der Waals surface area contributed by atoms with Crippen LogP contribution < -0.4 is 5.32 Å². The molecule has 0 aliphatic heterocycles. The van der Waals surface area contributed by atoms with Crippen molar-refractivity contribution < 1.29 is 9.53 Å². The highest BCUT2D eigenvalue weighted by Crippen LogP contribution is 2.05. The molecule has 104 valence electrons. The normalized spacial score (nSPS) is 13.6. The zero-order valence-electron chi connectivity index (χ0n) is 11.8. The Balaban J connectivity index is 2.27. The molecule has 0 radical (unpaired) electrons. The van der Waals surface area contributed by atoms with E-state index in [2.05, 4.69) is 18.8 Å². The lowest BCUT2D eigenvalue weighted by Crippen LogP contribution is -2.33. The van der Waals surface area contributed by atoms with Crippen molar-refractivity contribution in [3.8, 4) is 0 Å². The average molecular weight is 261 g/mol. The van der Waals surface area contributed by atoms with Crippen LogP contribution >= 0.6 is 0 Å². The molecule has 2 atom stereocenters. The summed E-state index contributed by atoms with van der Waals surface area (Å²) in [6.07, 6.45) is 2.77. The van der Waals surface area contributed by atoms with Crippen molar-refractivity contribution >= 4 is 5.97 Å². The van der Waals surface area contributed by atoms with Gasteiger partial charge in [-0.25, -0.2) is 0 Å². The highest BCUT2D eigenvalue weighted by molar-refractivity contribution is 5.72. The number of ether oxygens (including phenoxy) is 1. The smallest absolute Gasteiger partial charge is 0.310 e. The Morgan fingerprint density at radius 1 is 1.37 bits per heavy atom. The number of esters is 1. The van der Waals surface area contributed by atoms with E-state index in [-0.39, 0.29) is 11.9 Å². The summed E-state index contributed by atoms with van der Waals surface area (Å²) in [4.78, 5) is 11.8. The van der Waals surface area contributed by atoms with Crippen molar-refractivity contribution in [1.29, 1.82) is 0 Å². The second-order valence-corrected chi connectivity index (χ2v) is 4.83. The van der Waals surface area contributed by atoms with Crippen molar-refractivity contribution in [3.05, 3.63) is 48.6 Å². The van der Waals surface area contributed by atoms with Gasteiger partial charge in [0, 0.05) is 12.6 Å². The molecule has 0 bridgehead atoms. The maximum atomic E-state index is 11.8. The van der Waals surface area contributed by atoms with Crippen LogP contribution in [0.15, 0.2) is 43.0 Å². The molecule has 0 heterocycles. The number of nitrogens with one attached hydrogen (secondary N) is 1. The number of rotatable bonds is 8. The standard InChI is InChI=1S/C16H23NO2/c1-4-8-14(3)17-11-13(2)16(18)19-12-15-9-6-5-7-10-15/h4-7,9-10,13-14,17H,1,8,11-12H2,2-3H3. The van der Waals surface area contributed by atoms with Crippen molar-refractivity contribution in [2.75, 3.05) is 6.54 Å². The lowest BCUT2D eigenvalue weighted by Gasteiger charge is -2.16. The summed E-state index contributed by atoms with van der Waals surface area (Å²) in [7, 11) is 0. The van der Waals surface area contributed by atoms with E-state index in [1.165, 1.54) is 0 Å². The largest absolute Gasteiger partial charge is 0.461 e. The molecule has 19 heavy (non-hydrogen) atoms. The highest BCUT2D eigenvalue weighted by Gasteiger charge is 2.15. The van der Waals surface area contributed by atoms with E-state index in [4.69, 9.17) is 4.74 Å². The maximum absolute atomic E-state index is 11.8. The molecule has 3 heteroatoms. The Morgan fingerprint density at radius 2 is 2.05 bits per heavy atom. The molecular weight excluding hydrogens is 238 g/mol.